The standard InChI is InChI=1S/C15H21N3S/c1-2-9-8-13(9)18-15-11(14(16)19)7-10-5-3-4-6-12(10)17-15/h7,9,13H,2-6,8H2,1H3,(H2,16,19)(H,17,18). The van der Waals surface area contributed by atoms with Crippen LogP contribution in [-0.2, 0) is 12.8 Å². The Morgan fingerprint density at radius 3 is 2.95 bits per heavy atom. The van der Waals surface area contributed by atoms with E-state index in [2.05, 4.69) is 18.3 Å². The molecular weight excluding hydrogens is 254 g/mol. The fourth-order valence-electron chi connectivity index (χ4n) is 2.98. The normalized spacial score (nSPS) is 24.7. The third-order valence-corrected chi connectivity index (χ3v) is 4.56. The fraction of sp³-hybridized carbons (Fsp3) is 0.600. The van der Waals surface area contributed by atoms with Gasteiger partial charge in [-0.1, -0.05) is 25.6 Å². The van der Waals surface area contributed by atoms with Gasteiger partial charge in [0.1, 0.15) is 10.8 Å². The van der Waals surface area contributed by atoms with E-state index in [0.29, 0.717) is 11.0 Å². The Morgan fingerprint density at radius 2 is 2.26 bits per heavy atom. The third kappa shape index (κ3) is 2.59. The van der Waals surface area contributed by atoms with Gasteiger partial charge < -0.3 is 11.1 Å². The van der Waals surface area contributed by atoms with Crippen LogP contribution in [0.5, 0.6) is 0 Å². The quantitative estimate of drug-likeness (QED) is 0.830. The highest BCUT2D eigenvalue weighted by Gasteiger charge is 2.36. The molecule has 3 nitrogen and oxygen atoms in total. The smallest absolute Gasteiger partial charge is 0.136 e. The molecule has 0 aliphatic heterocycles. The van der Waals surface area contributed by atoms with Gasteiger partial charge in [0.25, 0.3) is 0 Å². The van der Waals surface area contributed by atoms with E-state index in [4.69, 9.17) is 22.9 Å². The van der Waals surface area contributed by atoms with E-state index < -0.39 is 0 Å². The zero-order valence-electron chi connectivity index (χ0n) is 11.4. The third-order valence-electron chi connectivity index (χ3n) is 4.34. The molecule has 2 aliphatic carbocycles. The topological polar surface area (TPSA) is 50.9 Å². The van der Waals surface area contributed by atoms with Gasteiger partial charge in [-0.15, -0.1) is 0 Å². The van der Waals surface area contributed by atoms with Gasteiger partial charge in [-0.3, -0.25) is 0 Å². The lowest BCUT2D eigenvalue weighted by molar-refractivity contribution is 0.667. The van der Waals surface area contributed by atoms with Gasteiger partial charge in [0.15, 0.2) is 0 Å². The molecule has 2 aliphatic rings. The number of thiocarbonyl (C=S) groups is 1. The molecule has 3 rings (SSSR count). The van der Waals surface area contributed by atoms with Crippen LogP contribution >= 0.6 is 12.2 Å². The number of aromatic nitrogens is 1. The van der Waals surface area contributed by atoms with Crippen molar-refractivity contribution in [2.75, 3.05) is 5.32 Å². The first-order chi connectivity index (χ1) is 9.19. The predicted molar refractivity (Wildman–Crippen MR) is 82.6 cm³/mol. The van der Waals surface area contributed by atoms with Gasteiger partial charge in [0.05, 0.1) is 5.56 Å². The molecule has 0 radical (unpaired) electrons. The SMILES string of the molecule is CCC1CC1Nc1nc2c(cc1C(N)=S)CCCC2. The molecule has 2 unspecified atom stereocenters. The van der Waals surface area contributed by atoms with Crippen LogP contribution in [0, 0.1) is 5.92 Å². The van der Waals surface area contributed by atoms with Gasteiger partial charge in [-0.25, -0.2) is 4.98 Å². The molecule has 0 bridgehead atoms. The molecule has 0 aromatic carbocycles. The first kappa shape index (κ1) is 12.9. The van der Waals surface area contributed by atoms with Crippen molar-refractivity contribution < 1.29 is 0 Å². The van der Waals surface area contributed by atoms with Crippen LogP contribution in [0.1, 0.15) is 49.4 Å². The van der Waals surface area contributed by atoms with E-state index in [1.165, 1.54) is 36.9 Å². The number of rotatable bonds is 4. The van der Waals surface area contributed by atoms with Gasteiger partial charge >= 0.3 is 0 Å². The van der Waals surface area contributed by atoms with Crippen LogP contribution in [0.2, 0.25) is 0 Å². The summed E-state index contributed by atoms with van der Waals surface area (Å²) in [4.78, 5) is 5.26. The average Bonchev–Trinajstić information content (AvgIpc) is 3.16. The van der Waals surface area contributed by atoms with Crippen LogP contribution < -0.4 is 11.1 Å². The second kappa shape index (κ2) is 5.08. The van der Waals surface area contributed by atoms with Crippen LogP contribution in [-0.4, -0.2) is 16.0 Å². The molecule has 1 saturated carbocycles. The number of fused-ring (bicyclic) bond motifs is 1. The number of nitrogens with zero attached hydrogens (tertiary/aromatic N) is 1. The highest BCUT2D eigenvalue weighted by atomic mass is 32.1. The lowest BCUT2D eigenvalue weighted by Crippen LogP contribution is -2.19. The van der Waals surface area contributed by atoms with Crippen LogP contribution in [0.4, 0.5) is 5.82 Å². The first-order valence-electron chi connectivity index (χ1n) is 7.28. The highest BCUT2D eigenvalue weighted by Crippen LogP contribution is 2.37. The lowest BCUT2D eigenvalue weighted by Gasteiger charge is -2.19. The highest BCUT2D eigenvalue weighted by molar-refractivity contribution is 7.80. The van der Waals surface area contributed by atoms with Gasteiger partial charge in [0.2, 0.25) is 0 Å². The van der Waals surface area contributed by atoms with E-state index >= 15 is 0 Å². The van der Waals surface area contributed by atoms with Crippen molar-refractivity contribution in [3.8, 4) is 0 Å². The average molecular weight is 275 g/mol. The minimum absolute atomic E-state index is 0.456. The summed E-state index contributed by atoms with van der Waals surface area (Å²) in [5, 5.41) is 3.54. The molecule has 1 heterocycles. The Bertz CT molecular complexity index is 512. The van der Waals surface area contributed by atoms with Crippen molar-refractivity contribution in [1.82, 2.24) is 4.98 Å². The summed E-state index contributed by atoms with van der Waals surface area (Å²) in [6.45, 7) is 2.24. The minimum atomic E-state index is 0.456. The first-order valence-corrected chi connectivity index (χ1v) is 7.69. The van der Waals surface area contributed by atoms with Crippen LogP contribution in [0.15, 0.2) is 6.07 Å². The summed E-state index contributed by atoms with van der Waals surface area (Å²) in [6, 6.07) is 2.72. The minimum Gasteiger partial charge on any atom is -0.389 e. The van der Waals surface area contributed by atoms with Gasteiger partial charge in [-0.2, -0.15) is 0 Å². The summed E-state index contributed by atoms with van der Waals surface area (Å²) in [6.07, 6.45) is 7.16. The Balaban J connectivity index is 1.90. The zero-order valence-corrected chi connectivity index (χ0v) is 12.2. The zero-order chi connectivity index (χ0) is 13.4. The van der Waals surface area contributed by atoms with Crippen molar-refractivity contribution in [1.29, 1.82) is 0 Å². The van der Waals surface area contributed by atoms with E-state index in [-0.39, 0.29) is 0 Å². The second-order valence-corrected chi connectivity index (χ2v) is 6.16. The molecule has 1 aromatic heterocycles. The Morgan fingerprint density at radius 1 is 1.47 bits per heavy atom. The van der Waals surface area contributed by atoms with Crippen molar-refractivity contribution in [3.05, 3.63) is 22.9 Å². The Hall–Kier alpha value is -1.16. The Labute approximate surface area is 120 Å². The summed E-state index contributed by atoms with van der Waals surface area (Å²) < 4.78 is 0. The maximum Gasteiger partial charge on any atom is 0.136 e. The molecule has 102 valence electrons. The molecular formula is C15H21N3S. The van der Waals surface area contributed by atoms with E-state index in [1.807, 2.05) is 0 Å². The number of aryl methyl sites for hydroxylation is 2. The van der Waals surface area contributed by atoms with Crippen LogP contribution in [0.25, 0.3) is 0 Å². The Kier molecular flexibility index (Phi) is 3.44. The monoisotopic (exact) mass is 275 g/mol. The molecule has 0 saturated heterocycles. The second-order valence-electron chi connectivity index (χ2n) is 5.72. The molecule has 3 N–H and O–H groups in total. The largest absolute Gasteiger partial charge is 0.389 e. The van der Waals surface area contributed by atoms with Crippen molar-refractivity contribution in [2.45, 2.75) is 51.5 Å². The summed E-state index contributed by atoms with van der Waals surface area (Å²) in [7, 11) is 0. The molecule has 4 heteroatoms. The van der Waals surface area contributed by atoms with Crippen LogP contribution in [0.3, 0.4) is 0 Å². The van der Waals surface area contributed by atoms with E-state index in [1.54, 1.807) is 0 Å². The van der Waals surface area contributed by atoms with E-state index in [0.717, 1.165) is 30.1 Å². The molecule has 1 fully saturated rings. The number of anilines is 1. The van der Waals surface area contributed by atoms with Gasteiger partial charge in [0, 0.05) is 11.7 Å². The van der Waals surface area contributed by atoms with Crippen molar-refractivity contribution >= 4 is 23.0 Å². The number of pyridine rings is 1. The predicted octanol–water partition coefficient (Wildman–Crippen LogP) is 2.81. The summed E-state index contributed by atoms with van der Waals surface area (Å²) in [5.74, 6) is 1.70. The lowest BCUT2D eigenvalue weighted by atomic mass is 9.94. The van der Waals surface area contributed by atoms with E-state index in [9.17, 15) is 0 Å². The molecule has 2 atom stereocenters. The van der Waals surface area contributed by atoms with Crippen molar-refractivity contribution in [3.63, 3.8) is 0 Å². The molecule has 0 spiro atoms. The summed E-state index contributed by atoms with van der Waals surface area (Å²) in [5.41, 5.74) is 9.36. The maximum atomic E-state index is 5.86. The number of nitrogens with one attached hydrogen (secondary N) is 1. The summed E-state index contributed by atoms with van der Waals surface area (Å²) >= 11 is 5.18. The molecule has 0 amide bonds. The fourth-order valence-corrected chi connectivity index (χ4v) is 3.14. The maximum absolute atomic E-state index is 5.86. The number of hydrogen-bond donors (Lipinski definition) is 2. The number of hydrogen-bond acceptors (Lipinski definition) is 3. The number of nitrogens with two attached hydrogens (primary N) is 1. The van der Waals surface area contributed by atoms with Gasteiger partial charge in [-0.05, 0) is 49.7 Å². The molecule has 19 heavy (non-hydrogen) atoms. The van der Waals surface area contributed by atoms with Crippen molar-refractivity contribution in [2.24, 2.45) is 11.7 Å². The molecule has 1 aromatic rings.